The molecule has 2 saturated heterocycles. The minimum Gasteiger partial charge on any atom is -0.502 e. The maximum Gasteiger partial charge on any atom is 0.311 e. The molecule has 1 amide bonds. The lowest BCUT2D eigenvalue weighted by atomic mass is 9.71. The minimum absolute atomic E-state index is 0.0534. The first kappa shape index (κ1) is 19.5. The van der Waals surface area contributed by atoms with Crippen molar-refractivity contribution in [1.29, 1.82) is 0 Å². The van der Waals surface area contributed by atoms with Gasteiger partial charge in [-0.1, -0.05) is 6.07 Å². The van der Waals surface area contributed by atoms with Crippen molar-refractivity contribution in [3.05, 3.63) is 33.9 Å². The molecule has 1 atom stereocenters. The number of nitro groups is 1. The Hall–Kier alpha value is -2.29. The van der Waals surface area contributed by atoms with Crippen LogP contribution >= 0.6 is 0 Å². The summed E-state index contributed by atoms with van der Waals surface area (Å²) in [7, 11) is 0. The summed E-state index contributed by atoms with van der Waals surface area (Å²) in [5.74, 6) is -3.70. The van der Waals surface area contributed by atoms with Crippen molar-refractivity contribution >= 4 is 11.6 Å². The number of carbonyl (C=O) groups is 1. The van der Waals surface area contributed by atoms with Crippen molar-refractivity contribution in [3.63, 3.8) is 0 Å². The number of likely N-dealkylation sites (tertiary alicyclic amines) is 2. The number of nitrogens with zero attached hydrogens (tertiary/aromatic N) is 3. The highest BCUT2D eigenvalue weighted by Gasteiger charge is 2.54. The second-order valence-electron chi connectivity index (χ2n) is 7.53. The first-order valence-electron chi connectivity index (χ1n) is 9.02. The zero-order valence-electron chi connectivity index (χ0n) is 15.2. The summed E-state index contributed by atoms with van der Waals surface area (Å²) in [6, 6.07) is 3.86. The number of alkyl halides is 2. The molecule has 1 N–H and O–H groups in total. The van der Waals surface area contributed by atoms with Gasteiger partial charge in [-0.05, 0) is 31.4 Å². The van der Waals surface area contributed by atoms with E-state index < -0.39 is 40.7 Å². The van der Waals surface area contributed by atoms with Crippen molar-refractivity contribution in [2.45, 2.75) is 38.7 Å². The molecule has 1 unspecified atom stereocenters. The van der Waals surface area contributed by atoms with Crippen molar-refractivity contribution in [2.75, 3.05) is 26.2 Å². The van der Waals surface area contributed by atoms with Gasteiger partial charge < -0.3 is 10.0 Å². The molecule has 0 radical (unpaired) electrons. The molecule has 1 aromatic carbocycles. The Morgan fingerprint density at radius 2 is 2.07 bits per heavy atom. The van der Waals surface area contributed by atoms with Gasteiger partial charge in [0.1, 0.15) is 0 Å². The summed E-state index contributed by atoms with van der Waals surface area (Å²) in [5.41, 5.74) is -1.13. The number of benzene rings is 1. The minimum atomic E-state index is -3.01. The molecule has 2 fully saturated rings. The summed E-state index contributed by atoms with van der Waals surface area (Å²) in [5, 5.41) is 20.5. The highest BCUT2D eigenvalue weighted by atomic mass is 19.3. The van der Waals surface area contributed by atoms with E-state index in [0.29, 0.717) is 31.5 Å². The van der Waals surface area contributed by atoms with Crippen molar-refractivity contribution in [2.24, 2.45) is 5.41 Å². The van der Waals surface area contributed by atoms with Gasteiger partial charge in [-0.3, -0.25) is 19.8 Å². The number of halogens is 2. The van der Waals surface area contributed by atoms with E-state index in [1.54, 1.807) is 4.90 Å². The topological polar surface area (TPSA) is 86.9 Å². The Kier molecular flexibility index (Phi) is 5.07. The first-order valence-corrected chi connectivity index (χ1v) is 9.02. The lowest BCUT2D eigenvalue weighted by molar-refractivity contribution is -0.385. The number of phenolic OH excluding ortho intramolecular Hbond substituents is 1. The first-order chi connectivity index (χ1) is 12.7. The van der Waals surface area contributed by atoms with Crippen LogP contribution in [0.2, 0.25) is 0 Å². The average Bonchev–Trinajstić information content (AvgIpc) is 2.57. The molecular weight excluding hydrogens is 360 g/mol. The molecule has 3 rings (SSSR count). The fourth-order valence-corrected chi connectivity index (χ4v) is 4.37. The van der Waals surface area contributed by atoms with Gasteiger partial charge in [-0.15, -0.1) is 0 Å². The normalized spacial score (nSPS) is 25.7. The Bertz CT molecular complexity index is 758. The van der Waals surface area contributed by atoms with E-state index in [0.717, 1.165) is 0 Å². The second kappa shape index (κ2) is 7.03. The molecular formula is C18H23F2N3O4. The quantitative estimate of drug-likeness (QED) is 0.638. The number of carbonyl (C=O) groups excluding carboxylic acids is 1. The number of hydrogen-bond acceptors (Lipinski definition) is 5. The molecule has 7 nitrogen and oxygen atoms in total. The number of hydrogen-bond donors (Lipinski definition) is 1. The molecule has 0 aromatic heterocycles. The SMILES string of the molecule is CCN1CCCC2(CN(Cc3ccc(O)c([N+](=O)[O-])c3)CC(F)(F)C2)C1=O. The Balaban J connectivity index is 1.85. The second-order valence-corrected chi connectivity index (χ2v) is 7.53. The summed E-state index contributed by atoms with van der Waals surface area (Å²) in [6.07, 6.45) is 0.653. The van der Waals surface area contributed by atoms with Crippen molar-refractivity contribution in [3.8, 4) is 5.75 Å². The van der Waals surface area contributed by atoms with Crippen LogP contribution in [0.25, 0.3) is 0 Å². The molecule has 2 heterocycles. The number of amides is 1. The van der Waals surface area contributed by atoms with E-state index in [1.807, 2.05) is 6.92 Å². The largest absolute Gasteiger partial charge is 0.502 e. The third-order valence-corrected chi connectivity index (χ3v) is 5.43. The molecule has 1 spiro atoms. The maximum absolute atomic E-state index is 14.5. The van der Waals surface area contributed by atoms with Crippen LogP contribution in [0, 0.1) is 15.5 Å². The van der Waals surface area contributed by atoms with Crippen LogP contribution in [-0.2, 0) is 11.3 Å². The number of phenols is 1. The molecule has 148 valence electrons. The van der Waals surface area contributed by atoms with E-state index >= 15 is 0 Å². The van der Waals surface area contributed by atoms with E-state index in [4.69, 9.17) is 0 Å². The van der Waals surface area contributed by atoms with Crippen molar-refractivity contribution < 1.29 is 23.6 Å². The van der Waals surface area contributed by atoms with Gasteiger partial charge in [0.25, 0.3) is 5.92 Å². The number of rotatable bonds is 4. The van der Waals surface area contributed by atoms with Crippen LogP contribution in [0.3, 0.4) is 0 Å². The molecule has 2 aliphatic rings. The number of nitro benzene ring substituents is 1. The number of piperidine rings is 2. The maximum atomic E-state index is 14.5. The van der Waals surface area contributed by atoms with Crippen LogP contribution in [0.4, 0.5) is 14.5 Å². The van der Waals surface area contributed by atoms with Gasteiger partial charge >= 0.3 is 5.69 Å². The lowest BCUT2D eigenvalue weighted by Crippen LogP contribution is -2.60. The summed E-state index contributed by atoms with van der Waals surface area (Å²) in [4.78, 5) is 26.3. The molecule has 0 aliphatic carbocycles. The van der Waals surface area contributed by atoms with Gasteiger partial charge in [-0.25, -0.2) is 8.78 Å². The standard InChI is InChI=1S/C18H23F2N3O4/c1-2-22-7-3-6-17(16(22)25)10-18(19,20)12-21(11-17)9-13-4-5-15(24)14(8-13)23(26)27/h4-5,8,24H,2-3,6-7,9-12H2,1H3. The zero-order valence-corrected chi connectivity index (χ0v) is 15.2. The highest BCUT2D eigenvalue weighted by Crippen LogP contribution is 2.45. The van der Waals surface area contributed by atoms with Gasteiger partial charge in [0, 0.05) is 38.7 Å². The highest BCUT2D eigenvalue weighted by molar-refractivity contribution is 5.84. The average molecular weight is 383 g/mol. The fraction of sp³-hybridized carbons (Fsp3) is 0.611. The lowest BCUT2D eigenvalue weighted by Gasteiger charge is -2.49. The number of aromatic hydroxyl groups is 1. The summed E-state index contributed by atoms with van der Waals surface area (Å²) >= 11 is 0. The van der Waals surface area contributed by atoms with Crippen LogP contribution in [0.5, 0.6) is 5.75 Å². The zero-order chi connectivity index (χ0) is 19.8. The van der Waals surface area contributed by atoms with Crippen LogP contribution < -0.4 is 0 Å². The van der Waals surface area contributed by atoms with Crippen LogP contribution in [0.15, 0.2) is 18.2 Å². The molecule has 9 heteroatoms. The molecule has 0 saturated carbocycles. The van der Waals surface area contributed by atoms with Gasteiger partial charge in [0.2, 0.25) is 5.91 Å². The molecule has 0 bridgehead atoms. The third-order valence-electron chi connectivity index (χ3n) is 5.43. The van der Waals surface area contributed by atoms with E-state index in [-0.39, 0.29) is 19.0 Å². The predicted octanol–water partition coefficient (Wildman–Crippen LogP) is 2.77. The fourth-order valence-electron chi connectivity index (χ4n) is 4.37. The predicted molar refractivity (Wildman–Crippen MR) is 93.5 cm³/mol. The molecule has 1 aromatic rings. The molecule has 2 aliphatic heterocycles. The van der Waals surface area contributed by atoms with E-state index in [9.17, 15) is 28.8 Å². The summed E-state index contributed by atoms with van der Waals surface area (Å²) in [6.45, 7) is 2.68. The van der Waals surface area contributed by atoms with Gasteiger partial charge in [0.05, 0.1) is 16.9 Å². The van der Waals surface area contributed by atoms with E-state index in [1.165, 1.54) is 23.1 Å². The smallest absolute Gasteiger partial charge is 0.311 e. The Morgan fingerprint density at radius 3 is 2.74 bits per heavy atom. The third kappa shape index (κ3) is 3.87. The van der Waals surface area contributed by atoms with Gasteiger partial charge in [-0.2, -0.15) is 0 Å². The van der Waals surface area contributed by atoms with Crippen LogP contribution in [-0.4, -0.2) is 57.8 Å². The Morgan fingerprint density at radius 1 is 1.33 bits per heavy atom. The van der Waals surface area contributed by atoms with Gasteiger partial charge in [0.15, 0.2) is 5.75 Å². The summed E-state index contributed by atoms with van der Waals surface area (Å²) < 4.78 is 29.0. The van der Waals surface area contributed by atoms with E-state index in [2.05, 4.69) is 0 Å². The van der Waals surface area contributed by atoms with Crippen LogP contribution in [0.1, 0.15) is 31.7 Å². The monoisotopic (exact) mass is 383 g/mol. The van der Waals surface area contributed by atoms with Crippen molar-refractivity contribution in [1.82, 2.24) is 9.80 Å². The molecule has 27 heavy (non-hydrogen) atoms. The Labute approximate surface area is 155 Å².